The normalized spacial score (nSPS) is 16.2. The van der Waals surface area contributed by atoms with Crippen LogP contribution in [0.15, 0.2) is 63.3 Å². The van der Waals surface area contributed by atoms with E-state index in [1.54, 1.807) is 31.2 Å². The van der Waals surface area contributed by atoms with Gasteiger partial charge < -0.3 is 19.0 Å². The van der Waals surface area contributed by atoms with E-state index in [-0.39, 0.29) is 11.4 Å². The Hall–Kier alpha value is -3.59. The van der Waals surface area contributed by atoms with E-state index in [9.17, 15) is 4.79 Å². The predicted molar refractivity (Wildman–Crippen MR) is 128 cm³/mol. The number of nitrogens with zero attached hydrogens (tertiary/aromatic N) is 2. The number of benzene rings is 2. The number of fused-ring (bicyclic) bond motifs is 1. The highest BCUT2D eigenvalue weighted by Gasteiger charge is 2.34. The second-order valence-corrected chi connectivity index (χ2v) is 8.22. The molecule has 2 aromatic carbocycles. The third-order valence-corrected chi connectivity index (χ3v) is 5.45. The van der Waals surface area contributed by atoms with Crippen LogP contribution in [0.2, 0.25) is 0 Å². The maximum atomic E-state index is 12.5. The first kappa shape index (κ1) is 22.6. The Morgan fingerprint density at radius 3 is 2.61 bits per heavy atom. The molecule has 0 spiro atoms. The molecular weight excluding hydrogens is 490 g/mol. The molecule has 0 aromatic heterocycles. The molecule has 0 saturated heterocycles. The van der Waals surface area contributed by atoms with E-state index in [1.807, 2.05) is 31.2 Å². The monoisotopic (exact) mass is 511 g/mol. The standard InChI is InChI=1S/C24H22BrN3O5/c1-14-4-6-17(7-5-14)31-8-9-32-22-19(25)12-16(13-20(22)30-3)11-18-23(26)28-21(27-24(18)29)10-15(2)33-28/h4-7,10-13,26H,8-9H2,1-3H3/b18-11-,26-23?. The lowest BCUT2D eigenvalue weighted by Gasteiger charge is -2.23. The van der Waals surface area contributed by atoms with Crippen molar-refractivity contribution in [1.29, 1.82) is 5.41 Å². The van der Waals surface area contributed by atoms with E-state index < -0.39 is 5.91 Å². The lowest BCUT2D eigenvalue weighted by molar-refractivity contribution is -0.114. The molecule has 0 fully saturated rings. The molecular formula is C24H22BrN3O5. The van der Waals surface area contributed by atoms with Gasteiger partial charge in [0, 0.05) is 6.08 Å². The van der Waals surface area contributed by atoms with Crippen LogP contribution in [0.4, 0.5) is 0 Å². The summed E-state index contributed by atoms with van der Waals surface area (Å²) in [5.41, 5.74) is 1.91. The summed E-state index contributed by atoms with van der Waals surface area (Å²) >= 11 is 3.51. The Morgan fingerprint density at radius 1 is 1.15 bits per heavy atom. The summed E-state index contributed by atoms with van der Waals surface area (Å²) in [7, 11) is 1.53. The number of carbonyl (C=O) groups excluding carboxylic acids is 1. The van der Waals surface area contributed by atoms with Gasteiger partial charge in [0.25, 0.3) is 5.91 Å². The zero-order valence-corrected chi connectivity index (χ0v) is 19.9. The fraction of sp³-hybridized carbons (Fsp3) is 0.208. The molecule has 0 bridgehead atoms. The van der Waals surface area contributed by atoms with Crippen molar-refractivity contribution in [2.75, 3.05) is 20.3 Å². The fourth-order valence-corrected chi connectivity index (χ4v) is 3.84. The van der Waals surface area contributed by atoms with E-state index in [1.165, 1.54) is 17.7 Å². The molecule has 0 aliphatic carbocycles. The first-order valence-corrected chi connectivity index (χ1v) is 10.9. The number of amidine groups is 2. The smallest absolute Gasteiger partial charge is 0.282 e. The van der Waals surface area contributed by atoms with Gasteiger partial charge in [-0.3, -0.25) is 10.2 Å². The number of amides is 1. The topological polar surface area (TPSA) is 93.4 Å². The number of methoxy groups -OCH3 is 1. The molecule has 1 N–H and O–H groups in total. The molecule has 2 aliphatic heterocycles. The van der Waals surface area contributed by atoms with E-state index in [0.717, 1.165) is 5.75 Å². The molecule has 170 valence electrons. The van der Waals surface area contributed by atoms with E-state index in [0.29, 0.717) is 46.3 Å². The van der Waals surface area contributed by atoms with Crippen molar-refractivity contribution in [3.63, 3.8) is 0 Å². The number of aryl methyl sites for hydroxylation is 1. The molecule has 2 aromatic rings. The number of aliphatic imine (C=N–C) groups is 1. The van der Waals surface area contributed by atoms with E-state index >= 15 is 0 Å². The van der Waals surface area contributed by atoms with Crippen LogP contribution in [0.1, 0.15) is 18.1 Å². The van der Waals surface area contributed by atoms with Gasteiger partial charge in [-0.05, 0) is 65.7 Å². The quantitative estimate of drug-likeness (QED) is 0.428. The zero-order valence-electron chi connectivity index (χ0n) is 18.3. The molecule has 9 heteroatoms. The van der Waals surface area contributed by atoms with Crippen molar-refractivity contribution in [2.24, 2.45) is 4.99 Å². The minimum absolute atomic E-state index is 0.0817. The summed E-state index contributed by atoms with van der Waals surface area (Å²) in [5.74, 6) is 2.03. The minimum atomic E-state index is -0.510. The third-order valence-electron chi connectivity index (χ3n) is 4.86. The molecule has 2 heterocycles. The van der Waals surface area contributed by atoms with E-state index in [4.69, 9.17) is 24.5 Å². The Kier molecular flexibility index (Phi) is 6.50. The molecule has 1 amide bonds. The highest BCUT2D eigenvalue weighted by Crippen LogP contribution is 2.37. The Balaban J connectivity index is 1.48. The Labute approximate surface area is 199 Å². The van der Waals surface area contributed by atoms with Crippen molar-refractivity contribution >= 4 is 39.6 Å². The van der Waals surface area contributed by atoms with Gasteiger partial charge in [-0.1, -0.05) is 17.7 Å². The lowest BCUT2D eigenvalue weighted by Crippen LogP contribution is -2.38. The van der Waals surface area contributed by atoms with Crippen molar-refractivity contribution in [3.05, 3.63) is 69.4 Å². The number of allylic oxidation sites excluding steroid dienone is 1. The summed E-state index contributed by atoms with van der Waals surface area (Å²) in [6.07, 6.45) is 3.18. The number of carbonyl (C=O) groups is 1. The van der Waals surface area contributed by atoms with E-state index in [2.05, 4.69) is 20.9 Å². The van der Waals surface area contributed by atoms with Crippen molar-refractivity contribution in [2.45, 2.75) is 13.8 Å². The lowest BCUT2D eigenvalue weighted by atomic mass is 10.1. The van der Waals surface area contributed by atoms with Gasteiger partial charge in [0.2, 0.25) is 0 Å². The minimum Gasteiger partial charge on any atom is -0.493 e. The van der Waals surface area contributed by atoms with Crippen LogP contribution in [0.25, 0.3) is 6.08 Å². The van der Waals surface area contributed by atoms with Crippen LogP contribution in [0.3, 0.4) is 0 Å². The number of hydroxylamine groups is 2. The van der Waals surface area contributed by atoms with Crippen molar-refractivity contribution in [1.82, 2.24) is 5.06 Å². The number of ether oxygens (including phenoxy) is 3. The predicted octanol–water partition coefficient (Wildman–Crippen LogP) is 4.67. The maximum Gasteiger partial charge on any atom is 0.282 e. The van der Waals surface area contributed by atoms with Crippen LogP contribution in [0, 0.1) is 12.3 Å². The fourth-order valence-electron chi connectivity index (χ4n) is 3.27. The number of halogens is 1. The van der Waals surface area contributed by atoms with Gasteiger partial charge in [0.1, 0.15) is 24.7 Å². The highest BCUT2D eigenvalue weighted by atomic mass is 79.9. The summed E-state index contributed by atoms with van der Waals surface area (Å²) in [6.45, 7) is 4.42. The Bertz CT molecular complexity index is 1200. The summed E-state index contributed by atoms with van der Waals surface area (Å²) in [6, 6.07) is 11.3. The maximum absolute atomic E-state index is 12.5. The summed E-state index contributed by atoms with van der Waals surface area (Å²) in [4.78, 5) is 21.9. The largest absolute Gasteiger partial charge is 0.493 e. The third kappa shape index (κ3) is 4.93. The summed E-state index contributed by atoms with van der Waals surface area (Å²) in [5, 5.41) is 9.57. The number of nitrogens with one attached hydrogen (secondary N) is 1. The molecule has 0 atom stereocenters. The van der Waals surface area contributed by atoms with Crippen LogP contribution < -0.4 is 14.2 Å². The molecule has 0 saturated carbocycles. The molecule has 0 radical (unpaired) electrons. The van der Waals surface area contributed by atoms with Crippen LogP contribution >= 0.6 is 15.9 Å². The van der Waals surface area contributed by atoms with Gasteiger partial charge in [0.15, 0.2) is 23.2 Å². The first-order valence-electron chi connectivity index (χ1n) is 10.2. The molecule has 4 rings (SSSR count). The molecule has 2 aliphatic rings. The molecule has 33 heavy (non-hydrogen) atoms. The van der Waals surface area contributed by atoms with Crippen LogP contribution in [0.5, 0.6) is 17.2 Å². The average molecular weight is 512 g/mol. The SMILES string of the molecule is COc1cc(/C=C2/C(=N)N3OC(C)=CC3=NC2=O)cc(Br)c1OCCOc1ccc(C)cc1. The second-order valence-electron chi connectivity index (χ2n) is 7.37. The van der Waals surface area contributed by atoms with Gasteiger partial charge in [-0.25, -0.2) is 0 Å². The number of hydrogen-bond donors (Lipinski definition) is 1. The van der Waals surface area contributed by atoms with Gasteiger partial charge >= 0.3 is 0 Å². The highest BCUT2D eigenvalue weighted by molar-refractivity contribution is 9.10. The number of hydrogen-bond acceptors (Lipinski definition) is 6. The molecule has 8 nitrogen and oxygen atoms in total. The van der Waals surface area contributed by atoms with Crippen LogP contribution in [-0.2, 0) is 9.63 Å². The van der Waals surface area contributed by atoms with Crippen LogP contribution in [-0.4, -0.2) is 43.0 Å². The van der Waals surface area contributed by atoms with Gasteiger partial charge in [-0.15, -0.1) is 5.06 Å². The first-order chi connectivity index (χ1) is 15.9. The van der Waals surface area contributed by atoms with Gasteiger partial charge in [0.05, 0.1) is 17.2 Å². The zero-order chi connectivity index (χ0) is 23.5. The second kappa shape index (κ2) is 9.50. The average Bonchev–Trinajstić information content (AvgIpc) is 3.16. The van der Waals surface area contributed by atoms with Crippen molar-refractivity contribution < 1.29 is 23.8 Å². The molecule has 0 unspecified atom stereocenters. The number of rotatable bonds is 7. The summed E-state index contributed by atoms with van der Waals surface area (Å²) < 4.78 is 17.7. The Morgan fingerprint density at radius 2 is 1.88 bits per heavy atom. The van der Waals surface area contributed by atoms with Gasteiger partial charge in [-0.2, -0.15) is 4.99 Å². The van der Waals surface area contributed by atoms with Crippen molar-refractivity contribution in [3.8, 4) is 17.2 Å².